The summed E-state index contributed by atoms with van der Waals surface area (Å²) in [5, 5.41) is 10.9. The molecule has 1 heterocycles. The minimum Gasteiger partial charge on any atom is -0.497 e. The third-order valence-corrected chi connectivity index (χ3v) is 5.87. The van der Waals surface area contributed by atoms with Gasteiger partial charge in [-0.05, 0) is 64.9 Å². The molecule has 9 nitrogen and oxygen atoms in total. The van der Waals surface area contributed by atoms with E-state index in [0.717, 1.165) is 5.75 Å². The van der Waals surface area contributed by atoms with Crippen LogP contribution < -0.4 is 14.2 Å². The Hall–Kier alpha value is -2.98. The van der Waals surface area contributed by atoms with Gasteiger partial charge in [-0.25, -0.2) is 17.8 Å². The minimum atomic E-state index is -3.72. The predicted molar refractivity (Wildman–Crippen MR) is 107 cm³/mol. The average molecular weight is 417 g/mol. The number of aromatic nitrogens is 4. The molecular weight excluding hydrogens is 394 g/mol. The summed E-state index contributed by atoms with van der Waals surface area (Å²) in [7, 11) is -2.12. The van der Waals surface area contributed by atoms with Crippen molar-refractivity contribution in [1.29, 1.82) is 0 Å². The molecule has 1 atom stereocenters. The molecule has 1 N–H and O–H groups in total. The van der Waals surface area contributed by atoms with Crippen LogP contribution in [0.3, 0.4) is 0 Å². The lowest BCUT2D eigenvalue weighted by atomic mass is 10.1. The molecule has 3 rings (SSSR count). The van der Waals surface area contributed by atoms with E-state index in [1.165, 1.54) is 23.1 Å². The second-order valence-electron chi connectivity index (χ2n) is 6.71. The number of hydrogen-bond acceptors (Lipinski definition) is 7. The summed E-state index contributed by atoms with van der Waals surface area (Å²) in [6.45, 7) is 4.07. The van der Waals surface area contributed by atoms with Crippen LogP contribution in [0.5, 0.6) is 11.5 Å². The first-order valence-electron chi connectivity index (χ1n) is 9.01. The van der Waals surface area contributed by atoms with Gasteiger partial charge in [0.05, 0.1) is 23.7 Å². The van der Waals surface area contributed by atoms with Crippen molar-refractivity contribution in [2.75, 3.05) is 13.7 Å². The van der Waals surface area contributed by atoms with Crippen LogP contribution in [0.2, 0.25) is 0 Å². The van der Waals surface area contributed by atoms with E-state index >= 15 is 0 Å². The molecule has 0 amide bonds. The molecule has 3 aromatic rings. The number of hydrogen-bond donors (Lipinski definition) is 1. The van der Waals surface area contributed by atoms with Gasteiger partial charge in [0.1, 0.15) is 24.4 Å². The highest BCUT2D eigenvalue weighted by atomic mass is 32.2. The summed E-state index contributed by atoms with van der Waals surface area (Å²) in [4.78, 5) is 0.157. The molecule has 0 saturated carbocycles. The van der Waals surface area contributed by atoms with Crippen molar-refractivity contribution >= 4 is 10.0 Å². The number of benzene rings is 2. The zero-order chi connectivity index (χ0) is 20.9. The summed E-state index contributed by atoms with van der Waals surface area (Å²) in [6.07, 6.45) is 1.44. The lowest BCUT2D eigenvalue weighted by Crippen LogP contribution is -2.42. The highest BCUT2D eigenvalue weighted by Crippen LogP contribution is 2.19. The number of ether oxygens (including phenoxy) is 2. The van der Waals surface area contributed by atoms with E-state index < -0.39 is 16.1 Å². The molecule has 0 aliphatic carbocycles. The second-order valence-corrected chi connectivity index (χ2v) is 8.42. The van der Waals surface area contributed by atoms with E-state index in [1.54, 1.807) is 43.5 Å². The Morgan fingerprint density at radius 1 is 1.03 bits per heavy atom. The SMILES string of the molecule is COc1ccc(OC[C@H](NS(=O)(=O)c2ccc(-n3cnnn3)cc2)C(C)C)cc1. The van der Waals surface area contributed by atoms with Crippen molar-refractivity contribution in [3.05, 3.63) is 54.9 Å². The van der Waals surface area contributed by atoms with Gasteiger partial charge < -0.3 is 9.47 Å². The summed E-state index contributed by atoms with van der Waals surface area (Å²) < 4.78 is 40.7. The van der Waals surface area contributed by atoms with Crippen LogP contribution in [-0.2, 0) is 10.0 Å². The van der Waals surface area contributed by atoms with E-state index in [-0.39, 0.29) is 17.4 Å². The molecule has 0 fully saturated rings. The second kappa shape index (κ2) is 9.01. The van der Waals surface area contributed by atoms with Gasteiger partial charge in [0.25, 0.3) is 0 Å². The first-order valence-corrected chi connectivity index (χ1v) is 10.5. The van der Waals surface area contributed by atoms with Crippen LogP contribution in [-0.4, -0.2) is 48.4 Å². The lowest BCUT2D eigenvalue weighted by Gasteiger charge is -2.22. The number of nitrogens with zero attached hydrogens (tertiary/aromatic N) is 4. The maximum absolute atomic E-state index is 12.8. The molecule has 0 bridgehead atoms. The Labute approximate surface area is 169 Å². The monoisotopic (exact) mass is 417 g/mol. The average Bonchev–Trinajstić information content (AvgIpc) is 3.26. The zero-order valence-corrected chi connectivity index (χ0v) is 17.2. The van der Waals surface area contributed by atoms with Gasteiger partial charge in [0, 0.05) is 0 Å². The van der Waals surface area contributed by atoms with Crippen molar-refractivity contribution < 1.29 is 17.9 Å². The number of methoxy groups -OCH3 is 1. The van der Waals surface area contributed by atoms with Gasteiger partial charge in [-0.15, -0.1) is 5.10 Å². The Morgan fingerprint density at radius 3 is 2.24 bits per heavy atom. The Morgan fingerprint density at radius 2 is 1.69 bits per heavy atom. The molecular formula is C19H23N5O4S. The number of nitrogens with one attached hydrogen (secondary N) is 1. The molecule has 0 unspecified atom stereocenters. The van der Waals surface area contributed by atoms with Crippen LogP contribution in [0.1, 0.15) is 13.8 Å². The van der Waals surface area contributed by atoms with Gasteiger partial charge >= 0.3 is 0 Å². The Bertz CT molecular complexity index is 1000. The summed E-state index contributed by atoms with van der Waals surface area (Å²) in [5.74, 6) is 1.40. The maximum atomic E-state index is 12.8. The van der Waals surface area contributed by atoms with Gasteiger partial charge in [-0.2, -0.15) is 0 Å². The first kappa shape index (κ1) is 20.7. The predicted octanol–water partition coefficient (Wildman–Crippen LogP) is 2.05. The topological polar surface area (TPSA) is 108 Å². The summed E-state index contributed by atoms with van der Waals surface area (Å²) in [6, 6.07) is 13.0. The largest absolute Gasteiger partial charge is 0.497 e. The van der Waals surface area contributed by atoms with E-state index in [9.17, 15) is 8.42 Å². The molecule has 0 aliphatic heterocycles. The van der Waals surface area contributed by atoms with Gasteiger partial charge in [-0.3, -0.25) is 0 Å². The van der Waals surface area contributed by atoms with Crippen LogP contribution >= 0.6 is 0 Å². The third kappa shape index (κ3) is 5.30. The van der Waals surface area contributed by atoms with Crippen molar-refractivity contribution in [2.45, 2.75) is 24.8 Å². The van der Waals surface area contributed by atoms with E-state index in [1.807, 2.05) is 13.8 Å². The fourth-order valence-electron chi connectivity index (χ4n) is 2.55. The van der Waals surface area contributed by atoms with E-state index in [2.05, 4.69) is 20.2 Å². The Kier molecular flexibility index (Phi) is 6.45. The molecule has 29 heavy (non-hydrogen) atoms. The first-order chi connectivity index (χ1) is 13.9. The Balaban J connectivity index is 1.68. The molecule has 0 spiro atoms. The van der Waals surface area contributed by atoms with Crippen molar-refractivity contribution in [3.63, 3.8) is 0 Å². The van der Waals surface area contributed by atoms with Crippen LogP contribution in [0.25, 0.3) is 5.69 Å². The highest BCUT2D eigenvalue weighted by molar-refractivity contribution is 7.89. The van der Waals surface area contributed by atoms with Gasteiger partial charge in [0.15, 0.2) is 0 Å². The molecule has 0 aliphatic rings. The van der Waals surface area contributed by atoms with Crippen LogP contribution in [0.4, 0.5) is 0 Å². The number of sulfonamides is 1. The number of rotatable bonds is 9. The lowest BCUT2D eigenvalue weighted by molar-refractivity contribution is 0.247. The molecule has 1 aromatic heterocycles. The van der Waals surface area contributed by atoms with E-state index in [0.29, 0.717) is 11.4 Å². The standard InChI is InChI=1S/C19H23N5O4S/c1-14(2)19(12-28-17-8-6-16(27-3)7-9-17)21-29(25,26)18-10-4-15(5-11-18)24-13-20-22-23-24/h4-11,13-14,19,21H,12H2,1-3H3/t19-/m0/s1. The van der Waals surface area contributed by atoms with E-state index in [4.69, 9.17) is 9.47 Å². The summed E-state index contributed by atoms with van der Waals surface area (Å²) in [5.41, 5.74) is 0.664. The normalized spacial score (nSPS) is 12.7. The summed E-state index contributed by atoms with van der Waals surface area (Å²) >= 11 is 0. The molecule has 2 aromatic carbocycles. The van der Waals surface area contributed by atoms with Gasteiger partial charge in [-0.1, -0.05) is 13.8 Å². The fourth-order valence-corrected chi connectivity index (χ4v) is 3.91. The fraction of sp³-hybridized carbons (Fsp3) is 0.316. The smallest absolute Gasteiger partial charge is 0.240 e. The van der Waals surface area contributed by atoms with Crippen LogP contribution in [0.15, 0.2) is 59.8 Å². The van der Waals surface area contributed by atoms with Crippen LogP contribution in [0, 0.1) is 5.92 Å². The third-order valence-electron chi connectivity index (χ3n) is 4.36. The zero-order valence-electron chi connectivity index (χ0n) is 16.4. The van der Waals surface area contributed by atoms with Crippen molar-refractivity contribution in [3.8, 4) is 17.2 Å². The molecule has 154 valence electrons. The highest BCUT2D eigenvalue weighted by Gasteiger charge is 2.23. The quantitative estimate of drug-likeness (QED) is 0.568. The number of tetrazole rings is 1. The van der Waals surface area contributed by atoms with Gasteiger partial charge in [0.2, 0.25) is 10.0 Å². The molecule has 0 radical (unpaired) electrons. The minimum absolute atomic E-state index is 0.0310. The molecule has 0 saturated heterocycles. The molecule has 10 heteroatoms. The van der Waals surface area contributed by atoms with Crippen molar-refractivity contribution in [2.24, 2.45) is 5.92 Å². The maximum Gasteiger partial charge on any atom is 0.240 e. The van der Waals surface area contributed by atoms with Crippen molar-refractivity contribution in [1.82, 2.24) is 24.9 Å².